The SMILES string of the molecule is CN(C1CCCC1)S(=O)(=O)Cc1cccc(C(N)=S)c1. The summed E-state index contributed by atoms with van der Waals surface area (Å²) in [7, 11) is -1.61. The lowest BCUT2D eigenvalue weighted by atomic mass is 10.1. The topological polar surface area (TPSA) is 63.4 Å². The van der Waals surface area contributed by atoms with E-state index in [9.17, 15) is 8.42 Å². The zero-order valence-corrected chi connectivity index (χ0v) is 13.2. The van der Waals surface area contributed by atoms with Crippen LogP contribution in [0.15, 0.2) is 24.3 Å². The fourth-order valence-electron chi connectivity index (χ4n) is 2.62. The number of hydrogen-bond donors (Lipinski definition) is 1. The van der Waals surface area contributed by atoms with Gasteiger partial charge in [-0.1, -0.05) is 43.3 Å². The van der Waals surface area contributed by atoms with Crippen molar-refractivity contribution in [2.24, 2.45) is 5.73 Å². The lowest BCUT2D eigenvalue weighted by Gasteiger charge is -2.23. The molecule has 1 saturated carbocycles. The van der Waals surface area contributed by atoms with Crippen LogP contribution in [-0.2, 0) is 15.8 Å². The zero-order valence-electron chi connectivity index (χ0n) is 11.6. The Morgan fingerprint density at radius 3 is 2.65 bits per heavy atom. The first kappa shape index (κ1) is 15.4. The summed E-state index contributed by atoms with van der Waals surface area (Å²) in [4.78, 5) is 0.286. The van der Waals surface area contributed by atoms with Gasteiger partial charge in [0.2, 0.25) is 10.0 Å². The van der Waals surface area contributed by atoms with Crippen LogP contribution in [0.5, 0.6) is 0 Å². The van der Waals surface area contributed by atoms with Crippen molar-refractivity contribution >= 4 is 27.2 Å². The first-order valence-electron chi connectivity index (χ1n) is 6.74. The van der Waals surface area contributed by atoms with Crippen LogP contribution < -0.4 is 5.73 Å². The summed E-state index contributed by atoms with van der Waals surface area (Å²) in [6, 6.07) is 7.27. The maximum atomic E-state index is 12.4. The molecule has 0 atom stereocenters. The third kappa shape index (κ3) is 3.56. The fourth-order valence-corrected chi connectivity index (χ4v) is 4.22. The predicted octanol–water partition coefficient (Wildman–Crippen LogP) is 2.03. The standard InChI is InChI=1S/C14H20N2O2S2/c1-16(13-7-2-3-8-13)20(17,18)10-11-5-4-6-12(9-11)14(15)19/h4-6,9,13H,2-3,7-8,10H2,1H3,(H2,15,19). The molecule has 0 aliphatic heterocycles. The fraction of sp³-hybridized carbons (Fsp3) is 0.500. The molecule has 1 aliphatic carbocycles. The largest absolute Gasteiger partial charge is 0.389 e. The van der Waals surface area contributed by atoms with Crippen molar-refractivity contribution in [1.29, 1.82) is 0 Å². The van der Waals surface area contributed by atoms with Crippen molar-refractivity contribution < 1.29 is 8.42 Å². The Kier molecular flexibility index (Phi) is 4.78. The van der Waals surface area contributed by atoms with E-state index in [0.717, 1.165) is 31.2 Å². The Balaban J connectivity index is 2.15. The monoisotopic (exact) mass is 312 g/mol. The maximum Gasteiger partial charge on any atom is 0.218 e. The second kappa shape index (κ2) is 6.20. The number of hydrogen-bond acceptors (Lipinski definition) is 3. The van der Waals surface area contributed by atoms with Crippen LogP contribution in [0.2, 0.25) is 0 Å². The summed E-state index contributed by atoms with van der Waals surface area (Å²) < 4.78 is 26.4. The van der Waals surface area contributed by atoms with Gasteiger partial charge < -0.3 is 5.73 Å². The smallest absolute Gasteiger partial charge is 0.218 e. The van der Waals surface area contributed by atoms with E-state index in [2.05, 4.69) is 0 Å². The molecule has 0 bridgehead atoms. The number of benzene rings is 1. The van der Waals surface area contributed by atoms with Crippen molar-refractivity contribution in [3.05, 3.63) is 35.4 Å². The molecule has 6 heteroatoms. The average molecular weight is 312 g/mol. The third-order valence-corrected chi connectivity index (χ3v) is 5.95. The number of sulfonamides is 1. The molecule has 0 heterocycles. The molecule has 20 heavy (non-hydrogen) atoms. The highest BCUT2D eigenvalue weighted by Crippen LogP contribution is 2.25. The molecule has 1 aromatic rings. The van der Waals surface area contributed by atoms with Crippen molar-refractivity contribution in [3.8, 4) is 0 Å². The van der Waals surface area contributed by atoms with E-state index in [1.54, 1.807) is 31.3 Å². The average Bonchev–Trinajstić information content (AvgIpc) is 2.91. The van der Waals surface area contributed by atoms with Crippen LogP contribution in [0.4, 0.5) is 0 Å². The molecule has 0 radical (unpaired) electrons. The zero-order chi connectivity index (χ0) is 14.8. The predicted molar refractivity (Wildman–Crippen MR) is 85.0 cm³/mol. The second-order valence-corrected chi connectivity index (χ2v) is 7.74. The van der Waals surface area contributed by atoms with Gasteiger partial charge in [0.1, 0.15) is 4.99 Å². The van der Waals surface area contributed by atoms with Gasteiger partial charge in [-0.3, -0.25) is 0 Å². The quantitative estimate of drug-likeness (QED) is 0.845. The summed E-state index contributed by atoms with van der Waals surface area (Å²) in [5.74, 6) is -0.00352. The normalized spacial score (nSPS) is 16.7. The number of nitrogens with zero attached hydrogens (tertiary/aromatic N) is 1. The molecule has 1 aliphatic rings. The Morgan fingerprint density at radius 1 is 1.40 bits per heavy atom. The van der Waals surface area contributed by atoms with Gasteiger partial charge in [-0.25, -0.2) is 12.7 Å². The summed E-state index contributed by atoms with van der Waals surface area (Å²) in [5, 5.41) is 0. The van der Waals surface area contributed by atoms with Gasteiger partial charge in [-0.2, -0.15) is 0 Å². The van der Waals surface area contributed by atoms with Crippen molar-refractivity contribution in [1.82, 2.24) is 4.31 Å². The molecule has 2 rings (SSSR count). The lowest BCUT2D eigenvalue weighted by Crippen LogP contribution is -2.36. The molecule has 110 valence electrons. The van der Waals surface area contributed by atoms with E-state index >= 15 is 0 Å². The van der Waals surface area contributed by atoms with Crippen LogP contribution in [0, 0.1) is 0 Å². The maximum absolute atomic E-state index is 12.4. The Labute approximate surface area is 126 Å². The van der Waals surface area contributed by atoms with E-state index < -0.39 is 10.0 Å². The second-order valence-electron chi connectivity index (χ2n) is 5.28. The Bertz CT molecular complexity index is 593. The highest BCUT2D eigenvalue weighted by Gasteiger charge is 2.28. The lowest BCUT2D eigenvalue weighted by molar-refractivity contribution is 0.372. The van der Waals surface area contributed by atoms with Gasteiger partial charge in [0.05, 0.1) is 5.75 Å². The highest BCUT2D eigenvalue weighted by atomic mass is 32.2. The molecule has 1 aromatic carbocycles. The molecular formula is C14H20N2O2S2. The summed E-state index contributed by atoms with van der Waals surface area (Å²) >= 11 is 4.92. The van der Waals surface area contributed by atoms with E-state index in [1.165, 1.54) is 4.31 Å². The van der Waals surface area contributed by atoms with Crippen LogP contribution in [-0.4, -0.2) is 30.8 Å². The number of thiocarbonyl (C=S) groups is 1. The van der Waals surface area contributed by atoms with Crippen molar-refractivity contribution in [2.45, 2.75) is 37.5 Å². The number of nitrogens with two attached hydrogens (primary N) is 1. The van der Waals surface area contributed by atoms with Gasteiger partial charge in [0.15, 0.2) is 0 Å². The third-order valence-electron chi connectivity index (χ3n) is 3.84. The van der Waals surface area contributed by atoms with Crippen LogP contribution >= 0.6 is 12.2 Å². The molecule has 0 unspecified atom stereocenters. The van der Waals surface area contributed by atoms with Crippen LogP contribution in [0.3, 0.4) is 0 Å². The molecule has 0 amide bonds. The molecule has 1 fully saturated rings. The molecular weight excluding hydrogens is 292 g/mol. The van der Waals surface area contributed by atoms with E-state index in [1.807, 2.05) is 0 Å². The van der Waals surface area contributed by atoms with Crippen molar-refractivity contribution in [2.75, 3.05) is 7.05 Å². The van der Waals surface area contributed by atoms with Gasteiger partial charge in [-0.15, -0.1) is 0 Å². The first-order chi connectivity index (χ1) is 9.40. The minimum atomic E-state index is -3.29. The Hall–Kier alpha value is -0.980. The first-order valence-corrected chi connectivity index (χ1v) is 8.76. The van der Waals surface area contributed by atoms with Crippen LogP contribution in [0.1, 0.15) is 36.8 Å². The minimum absolute atomic E-state index is 0.00352. The highest BCUT2D eigenvalue weighted by molar-refractivity contribution is 7.88. The van der Waals surface area contributed by atoms with E-state index in [0.29, 0.717) is 5.56 Å². The summed E-state index contributed by atoms with van der Waals surface area (Å²) in [5.41, 5.74) is 7.00. The Morgan fingerprint density at radius 2 is 2.05 bits per heavy atom. The van der Waals surface area contributed by atoms with Gasteiger partial charge in [-0.05, 0) is 24.5 Å². The van der Waals surface area contributed by atoms with Gasteiger partial charge >= 0.3 is 0 Å². The molecule has 4 nitrogen and oxygen atoms in total. The number of rotatable bonds is 5. The summed E-state index contributed by atoms with van der Waals surface area (Å²) in [6.07, 6.45) is 4.15. The molecule has 0 spiro atoms. The van der Waals surface area contributed by atoms with Crippen molar-refractivity contribution in [3.63, 3.8) is 0 Å². The molecule has 0 aromatic heterocycles. The van der Waals surface area contributed by atoms with Gasteiger partial charge in [0.25, 0.3) is 0 Å². The van der Waals surface area contributed by atoms with Crippen LogP contribution in [0.25, 0.3) is 0 Å². The minimum Gasteiger partial charge on any atom is -0.389 e. The van der Waals surface area contributed by atoms with E-state index in [-0.39, 0.29) is 16.8 Å². The molecule has 2 N–H and O–H groups in total. The van der Waals surface area contributed by atoms with E-state index in [4.69, 9.17) is 18.0 Å². The van der Waals surface area contributed by atoms with Gasteiger partial charge in [0, 0.05) is 18.7 Å². The summed E-state index contributed by atoms with van der Waals surface area (Å²) in [6.45, 7) is 0. The molecule has 0 saturated heterocycles.